The van der Waals surface area contributed by atoms with E-state index in [9.17, 15) is 14.4 Å². The first-order chi connectivity index (χ1) is 13.0. The fraction of sp³-hybridized carbons (Fsp3) is 0.250. The predicted octanol–water partition coefficient (Wildman–Crippen LogP) is 1.53. The maximum absolute atomic E-state index is 12.3. The first-order valence-electron chi connectivity index (χ1n) is 8.55. The molecule has 0 aliphatic heterocycles. The topological polar surface area (TPSA) is 116 Å². The van der Waals surface area contributed by atoms with Gasteiger partial charge in [-0.2, -0.15) is 0 Å². The molecule has 1 amide bonds. The van der Waals surface area contributed by atoms with Gasteiger partial charge in [-0.3, -0.25) is 19.7 Å². The number of amides is 1. The van der Waals surface area contributed by atoms with Crippen molar-refractivity contribution < 1.29 is 24.6 Å². The number of aliphatic carboxylic acids is 2. The summed E-state index contributed by atoms with van der Waals surface area (Å²) in [5, 5.41) is 22.7. The van der Waals surface area contributed by atoms with Crippen molar-refractivity contribution in [3.05, 3.63) is 60.2 Å². The Kier molecular flexibility index (Phi) is 7.51. The third-order valence-corrected chi connectivity index (χ3v) is 3.96. The Hall–Kier alpha value is -3.19. The van der Waals surface area contributed by atoms with Crippen LogP contribution >= 0.6 is 0 Å². The number of carboxylic acids is 2. The molecule has 2 aromatic carbocycles. The van der Waals surface area contributed by atoms with E-state index < -0.39 is 23.9 Å². The molecule has 7 nitrogen and oxygen atoms in total. The molecular weight excluding hydrogens is 348 g/mol. The monoisotopic (exact) mass is 370 g/mol. The van der Waals surface area contributed by atoms with Crippen LogP contribution in [0.1, 0.15) is 12.0 Å². The predicted molar refractivity (Wildman–Crippen MR) is 100 cm³/mol. The van der Waals surface area contributed by atoms with Crippen LogP contribution in [0.4, 0.5) is 0 Å². The minimum absolute atomic E-state index is 0.00758. The second-order valence-corrected chi connectivity index (χ2v) is 6.03. The number of nitrogens with one attached hydrogen (secondary N) is 2. The second kappa shape index (κ2) is 10.1. The SMILES string of the molecule is O=C(O)CCNC(=O)[C@H](Cc1ccc(-c2ccccc2)cc1)NCC(=O)O. The molecule has 27 heavy (non-hydrogen) atoms. The van der Waals surface area contributed by atoms with Crippen molar-refractivity contribution in [1.29, 1.82) is 0 Å². The molecule has 0 saturated heterocycles. The van der Waals surface area contributed by atoms with Crippen molar-refractivity contribution in [3.63, 3.8) is 0 Å². The number of hydrogen-bond acceptors (Lipinski definition) is 4. The van der Waals surface area contributed by atoms with Crippen LogP contribution in [0, 0.1) is 0 Å². The highest BCUT2D eigenvalue weighted by Crippen LogP contribution is 2.19. The summed E-state index contributed by atoms with van der Waals surface area (Å²) in [4.78, 5) is 33.6. The van der Waals surface area contributed by atoms with Gasteiger partial charge in [-0.1, -0.05) is 54.6 Å². The molecule has 0 saturated carbocycles. The zero-order valence-electron chi connectivity index (χ0n) is 14.7. The Labute approximate surface area is 157 Å². The lowest BCUT2D eigenvalue weighted by molar-refractivity contribution is -0.137. The standard InChI is InChI=1S/C20H22N2O5/c23-18(24)10-11-21-20(27)17(22-13-19(25)26)12-14-6-8-16(9-7-14)15-4-2-1-3-5-15/h1-9,17,22H,10-13H2,(H,21,27)(H,23,24)(H,25,26)/t17-/m0/s1. The number of hydrogen-bond donors (Lipinski definition) is 4. The Balaban J connectivity index is 2.03. The molecule has 0 fully saturated rings. The molecule has 0 heterocycles. The summed E-state index contributed by atoms with van der Waals surface area (Å²) in [5.74, 6) is -2.51. The van der Waals surface area contributed by atoms with Crippen LogP contribution < -0.4 is 10.6 Å². The molecule has 7 heteroatoms. The van der Waals surface area contributed by atoms with Gasteiger partial charge < -0.3 is 15.5 Å². The van der Waals surface area contributed by atoms with Crippen molar-refractivity contribution in [3.8, 4) is 11.1 Å². The third-order valence-electron chi connectivity index (χ3n) is 3.96. The van der Waals surface area contributed by atoms with E-state index in [1.165, 1.54) is 0 Å². The van der Waals surface area contributed by atoms with Gasteiger partial charge in [-0.05, 0) is 23.1 Å². The van der Waals surface area contributed by atoms with Gasteiger partial charge in [-0.25, -0.2) is 0 Å². The minimum atomic E-state index is -1.07. The number of carbonyl (C=O) groups excluding carboxylic acids is 1. The molecular formula is C20H22N2O5. The molecule has 0 aliphatic rings. The average Bonchev–Trinajstić information content (AvgIpc) is 2.65. The smallest absolute Gasteiger partial charge is 0.317 e. The van der Waals surface area contributed by atoms with E-state index in [1.54, 1.807) is 0 Å². The second-order valence-electron chi connectivity index (χ2n) is 6.03. The first-order valence-corrected chi connectivity index (χ1v) is 8.55. The molecule has 0 radical (unpaired) electrons. The Bertz CT molecular complexity index is 775. The van der Waals surface area contributed by atoms with Crippen LogP contribution in [0.15, 0.2) is 54.6 Å². The van der Waals surface area contributed by atoms with E-state index in [-0.39, 0.29) is 19.5 Å². The van der Waals surface area contributed by atoms with Gasteiger partial charge in [-0.15, -0.1) is 0 Å². The molecule has 0 aliphatic carbocycles. The first kappa shape index (κ1) is 20.1. The maximum atomic E-state index is 12.3. The normalized spacial score (nSPS) is 11.6. The Morgan fingerprint density at radius 1 is 0.852 bits per heavy atom. The van der Waals surface area contributed by atoms with Gasteiger partial charge in [0.05, 0.1) is 19.0 Å². The fourth-order valence-corrected chi connectivity index (χ4v) is 2.58. The average molecular weight is 370 g/mol. The van der Waals surface area contributed by atoms with E-state index in [4.69, 9.17) is 10.2 Å². The van der Waals surface area contributed by atoms with Crippen LogP contribution in [-0.2, 0) is 20.8 Å². The maximum Gasteiger partial charge on any atom is 0.317 e. The minimum Gasteiger partial charge on any atom is -0.481 e. The lowest BCUT2D eigenvalue weighted by Gasteiger charge is -2.17. The van der Waals surface area contributed by atoms with E-state index in [0.717, 1.165) is 16.7 Å². The van der Waals surface area contributed by atoms with Crippen LogP contribution in [-0.4, -0.2) is 47.2 Å². The van der Waals surface area contributed by atoms with Crippen molar-refractivity contribution >= 4 is 17.8 Å². The summed E-state index contributed by atoms with van der Waals surface area (Å²) < 4.78 is 0. The Morgan fingerprint density at radius 3 is 2.07 bits per heavy atom. The molecule has 0 bridgehead atoms. The lowest BCUT2D eigenvalue weighted by atomic mass is 10.0. The van der Waals surface area contributed by atoms with Crippen molar-refractivity contribution in [1.82, 2.24) is 10.6 Å². The molecule has 0 unspecified atom stereocenters. The lowest BCUT2D eigenvalue weighted by Crippen LogP contribution is -2.47. The Morgan fingerprint density at radius 2 is 1.48 bits per heavy atom. The highest BCUT2D eigenvalue weighted by molar-refractivity contribution is 5.83. The van der Waals surface area contributed by atoms with Crippen LogP contribution in [0.25, 0.3) is 11.1 Å². The third kappa shape index (κ3) is 6.91. The van der Waals surface area contributed by atoms with Crippen molar-refractivity contribution in [2.45, 2.75) is 18.9 Å². The number of rotatable bonds is 10. The van der Waals surface area contributed by atoms with Crippen LogP contribution in [0.2, 0.25) is 0 Å². The fourth-order valence-electron chi connectivity index (χ4n) is 2.58. The molecule has 4 N–H and O–H groups in total. The molecule has 1 atom stereocenters. The number of carboxylic acid groups (broad SMARTS) is 2. The zero-order chi connectivity index (χ0) is 19.6. The summed E-state index contributed by atoms with van der Waals surface area (Å²) in [6.07, 6.45) is 0.102. The van der Waals surface area contributed by atoms with E-state index in [2.05, 4.69) is 10.6 Å². The van der Waals surface area contributed by atoms with Crippen LogP contribution in [0.5, 0.6) is 0 Å². The quantitative estimate of drug-likeness (QED) is 0.504. The molecule has 2 aromatic rings. The summed E-state index contributed by atoms with van der Waals surface area (Å²) in [6, 6.07) is 16.8. The summed E-state index contributed by atoms with van der Waals surface area (Å²) in [6.45, 7) is -0.370. The number of carbonyl (C=O) groups is 3. The number of benzene rings is 2. The van der Waals surface area contributed by atoms with Gasteiger partial charge in [0.1, 0.15) is 0 Å². The van der Waals surface area contributed by atoms with Gasteiger partial charge in [0, 0.05) is 6.54 Å². The molecule has 2 rings (SSSR count). The van der Waals surface area contributed by atoms with Crippen molar-refractivity contribution in [2.75, 3.05) is 13.1 Å². The van der Waals surface area contributed by atoms with E-state index >= 15 is 0 Å². The summed E-state index contributed by atoms with van der Waals surface area (Å²) in [5.41, 5.74) is 2.99. The summed E-state index contributed by atoms with van der Waals surface area (Å²) in [7, 11) is 0. The van der Waals surface area contributed by atoms with Gasteiger partial charge >= 0.3 is 11.9 Å². The largest absolute Gasteiger partial charge is 0.481 e. The van der Waals surface area contributed by atoms with Gasteiger partial charge in [0.2, 0.25) is 5.91 Å². The molecule has 0 spiro atoms. The molecule has 142 valence electrons. The van der Waals surface area contributed by atoms with Gasteiger partial charge in [0.15, 0.2) is 0 Å². The van der Waals surface area contributed by atoms with E-state index in [0.29, 0.717) is 6.42 Å². The highest BCUT2D eigenvalue weighted by atomic mass is 16.4. The zero-order valence-corrected chi connectivity index (χ0v) is 14.7. The summed E-state index contributed by atoms with van der Waals surface area (Å²) >= 11 is 0. The van der Waals surface area contributed by atoms with E-state index in [1.807, 2.05) is 54.6 Å². The van der Waals surface area contributed by atoms with Crippen LogP contribution in [0.3, 0.4) is 0 Å². The van der Waals surface area contributed by atoms with Gasteiger partial charge in [0.25, 0.3) is 0 Å². The molecule has 0 aromatic heterocycles. The highest BCUT2D eigenvalue weighted by Gasteiger charge is 2.19. The van der Waals surface area contributed by atoms with Crippen molar-refractivity contribution in [2.24, 2.45) is 0 Å².